The Hall–Kier alpha value is -0.130. The lowest BCUT2D eigenvalue weighted by Crippen LogP contribution is -2.41. The molecule has 0 aromatic heterocycles. The van der Waals surface area contributed by atoms with Crippen molar-refractivity contribution >= 4 is 10.0 Å². The number of sulfonamides is 1. The summed E-state index contributed by atoms with van der Waals surface area (Å²) in [6.07, 6.45) is 1.14. The van der Waals surface area contributed by atoms with Gasteiger partial charge in [-0.2, -0.15) is 4.31 Å². The highest BCUT2D eigenvalue weighted by Crippen LogP contribution is 2.07. The smallest absolute Gasteiger partial charge is 0.211 e. The summed E-state index contributed by atoms with van der Waals surface area (Å²) in [6.45, 7) is 5.44. The van der Waals surface area contributed by atoms with E-state index >= 15 is 0 Å². The van der Waals surface area contributed by atoms with E-state index in [1.807, 2.05) is 0 Å². The Balaban J connectivity index is 4.41. The fourth-order valence-electron chi connectivity index (χ4n) is 0.895. The van der Waals surface area contributed by atoms with E-state index in [0.717, 1.165) is 6.26 Å². The van der Waals surface area contributed by atoms with Crippen LogP contribution in [0.1, 0.15) is 20.8 Å². The number of nitrogens with zero attached hydrogens (tertiary/aromatic N) is 1. The molecule has 0 amide bonds. The minimum absolute atomic E-state index is 0.141. The number of aliphatic hydroxyl groups is 1. The van der Waals surface area contributed by atoms with E-state index < -0.39 is 15.6 Å². The average Bonchev–Trinajstić information content (AvgIpc) is 1.78. The van der Waals surface area contributed by atoms with Gasteiger partial charge in [-0.15, -0.1) is 0 Å². The Morgan fingerprint density at radius 3 is 1.92 bits per heavy atom. The number of rotatable bonds is 4. The Bertz CT molecular complexity index is 228. The molecule has 5 heteroatoms. The molecular weight excluding hydrogens is 178 g/mol. The standard InChI is InChI=1S/C7H17NO3S/c1-5-8(12(4,10)11)6-7(2,3)9/h9H,5-6H2,1-4H3. The zero-order chi connectivity index (χ0) is 9.99. The van der Waals surface area contributed by atoms with Crippen LogP contribution in [0.3, 0.4) is 0 Å². The van der Waals surface area contributed by atoms with E-state index in [0.29, 0.717) is 6.54 Å². The van der Waals surface area contributed by atoms with Crippen molar-refractivity contribution < 1.29 is 13.5 Å². The van der Waals surface area contributed by atoms with Gasteiger partial charge in [-0.25, -0.2) is 8.42 Å². The van der Waals surface area contributed by atoms with Crippen molar-refractivity contribution in [2.45, 2.75) is 26.4 Å². The second-order valence-electron chi connectivity index (χ2n) is 3.50. The molecule has 0 atom stereocenters. The third-order valence-corrected chi connectivity index (χ3v) is 2.71. The molecule has 0 unspecified atom stereocenters. The summed E-state index contributed by atoms with van der Waals surface area (Å²) < 4.78 is 23.4. The van der Waals surface area contributed by atoms with Crippen molar-refractivity contribution in [2.75, 3.05) is 19.3 Å². The molecule has 1 N–H and O–H groups in total. The zero-order valence-corrected chi connectivity index (χ0v) is 8.85. The van der Waals surface area contributed by atoms with Crippen molar-refractivity contribution in [2.24, 2.45) is 0 Å². The zero-order valence-electron chi connectivity index (χ0n) is 8.03. The maximum atomic E-state index is 11.1. The first-order chi connectivity index (χ1) is 5.17. The van der Waals surface area contributed by atoms with Gasteiger partial charge in [-0.3, -0.25) is 0 Å². The third kappa shape index (κ3) is 4.69. The Kier molecular flexibility index (Phi) is 3.68. The quantitative estimate of drug-likeness (QED) is 0.689. The van der Waals surface area contributed by atoms with E-state index in [2.05, 4.69) is 0 Å². The van der Waals surface area contributed by atoms with Crippen LogP contribution >= 0.6 is 0 Å². The molecule has 0 heterocycles. The number of hydrogen-bond acceptors (Lipinski definition) is 3. The summed E-state index contributed by atoms with van der Waals surface area (Å²) in [7, 11) is -3.17. The predicted molar refractivity (Wildman–Crippen MR) is 48.4 cm³/mol. The second kappa shape index (κ2) is 3.72. The Morgan fingerprint density at radius 1 is 1.42 bits per heavy atom. The van der Waals surface area contributed by atoms with Gasteiger partial charge in [-0.1, -0.05) is 6.92 Å². The molecule has 0 aliphatic carbocycles. The van der Waals surface area contributed by atoms with Crippen LogP contribution in [0.2, 0.25) is 0 Å². The highest BCUT2D eigenvalue weighted by molar-refractivity contribution is 7.88. The van der Waals surface area contributed by atoms with Gasteiger partial charge in [0.25, 0.3) is 0 Å². The average molecular weight is 195 g/mol. The molecule has 0 saturated heterocycles. The van der Waals surface area contributed by atoms with Crippen molar-refractivity contribution in [3.05, 3.63) is 0 Å². The van der Waals surface area contributed by atoms with Crippen molar-refractivity contribution in [1.82, 2.24) is 4.31 Å². The second-order valence-corrected chi connectivity index (χ2v) is 5.48. The summed E-state index contributed by atoms with van der Waals surface area (Å²) in [6, 6.07) is 0. The summed E-state index contributed by atoms with van der Waals surface area (Å²) in [5.74, 6) is 0. The summed E-state index contributed by atoms with van der Waals surface area (Å²) in [5.41, 5.74) is -0.973. The van der Waals surface area contributed by atoms with Gasteiger partial charge in [0.2, 0.25) is 10.0 Å². The van der Waals surface area contributed by atoms with Crippen molar-refractivity contribution in [3.8, 4) is 0 Å². The van der Waals surface area contributed by atoms with Crippen LogP contribution in [-0.4, -0.2) is 42.8 Å². The molecule has 4 nitrogen and oxygen atoms in total. The molecule has 0 radical (unpaired) electrons. The number of hydrogen-bond donors (Lipinski definition) is 1. The molecule has 0 saturated carbocycles. The monoisotopic (exact) mass is 195 g/mol. The largest absolute Gasteiger partial charge is 0.389 e. The van der Waals surface area contributed by atoms with Gasteiger partial charge in [0.15, 0.2) is 0 Å². The normalized spacial score (nSPS) is 13.8. The first-order valence-electron chi connectivity index (χ1n) is 3.84. The summed E-state index contributed by atoms with van der Waals surface area (Å²) >= 11 is 0. The van der Waals surface area contributed by atoms with Gasteiger partial charge in [0.1, 0.15) is 0 Å². The first-order valence-corrected chi connectivity index (χ1v) is 5.69. The van der Waals surface area contributed by atoms with Crippen LogP contribution < -0.4 is 0 Å². The van der Waals surface area contributed by atoms with Crippen LogP contribution in [0.15, 0.2) is 0 Å². The predicted octanol–water partition coefficient (Wildman–Crippen LogP) is 0.0388. The van der Waals surface area contributed by atoms with E-state index in [9.17, 15) is 13.5 Å². The lowest BCUT2D eigenvalue weighted by atomic mass is 10.1. The molecule has 0 aliphatic heterocycles. The molecule has 0 aromatic carbocycles. The molecule has 0 spiro atoms. The van der Waals surface area contributed by atoms with E-state index in [1.165, 1.54) is 4.31 Å². The minimum atomic E-state index is -3.17. The lowest BCUT2D eigenvalue weighted by Gasteiger charge is -2.25. The highest BCUT2D eigenvalue weighted by Gasteiger charge is 2.22. The maximum absolute atomic E-state index is 11.1. The highest BCUT2D eigenvalue weighted by atomic mass is 32.2. The number of likely N-dealkylation sites (N-methyl/N-ethyl adjacent to an activating group) is 1. The Labute approximate surface area is 74.2 Å². The van der Waals surface area contributed by atoms with Gasteiger partial charge in [0, 0.05) is 13.1 Å². The van der Waals surface area contributed by atoms with Crippen LogP contribution in [0.25, 0.3) is 0 Å². The molecule has 0 fully saturated rings. The maximum Gasteiger partial charge on any atom is 0.211 e. The van der Waals surface area contributed by atoms with Crippen LogP contribution in [-0.2, 0) is 10.0 Å². The molecule has 12 heavy (non-hydrogen) atoms. The van der Waals surface area contributed by atoms with Crippen molar-refractivity contribution in [1.29, 1.82) is 0 Å². The molecule has 74 valence electrons. The molecule has 0 aliphatic rings. The first kappa shape index (κ1) is 11.9. The van der Waals surface area contributed by atoms with E-state index in [-0.39, 0.29) is 6.54 Å². The van der Waals surface area contributed by atoms with E-state index in [4.69, 9.17) is 0 Å². The minimum Gasteiger partial charge on any atom is -0.389 e. The van der Waals surface area contributed by atoms with Gasteiger partial charge in [0.05, 0.1) is 11.9 Å². The molecule has 0 bridgehead atoms. The fourth-order valence-corrected chi connectivity index (χ4v) is 1.91. The third-order valence-electron chi connectivity index (χ3n) is 1.39. The molecular formula is C7H17NO3S. The van der Waals surface area contributed by atoms with Gasteiger partial charge >= 0.3 is 0 Å². The SMILES string of the molecule is CCN(CC(C)(C)O)S(C)(=O)=O. The van der Waals surface area contributed by atoms with Gasteiger partial charge in [-0.05, 0) is 13.8 Å². The van der Waals surface area contributed by atoms with E-state index in [1.54, 1.807) is 20.8 Å². The fraction of sp³-hybridized carbons (Fsp3) is 1.00. The van der Waals surface area contributed by atoms with Gasteiger partial charge < -0.3 is 5.11 Å². The van der Waals surface area contributed by atoms with Crippen molar-refractivity contribution in [3.63, 3.8) is 0 Å². The molecule has 0 rings (SSSR count). The summed E-state index contributed by atoms with van der Waals surface area (Å²) in [4.78, 5) is 0. The topological polar surface area (TPSA) is 57.6 Å². The lowest BCUT2D eigenvalue weighted by molar-refractivity contribution is 0.0603. The van der Waals surface area contributed by atoms with Crippen LogP contribution in [0, 0.1) is 0 Å². The van der Waals surface area contributed by atoms with Crippen LogP contribution in [0.4, 0.5) is 0 Å². The summed E-state index contributed by atoms with van der Waals surface area (Å²) in [5, 5.41) is 9.38. The van der Waals surface area contributed by atoms with Crippen LogP contribution in [0.5, 0.6) is 0 Å². The molecule has 0 aromatic rings. The Morgan fingerprint density at radius 2 is 1.83 bits per heavy atom.